The van der Waals surface area contributed by atoms with Gasteiger partial charge in [0.05, 0.1) is 4.47 Å². The van der Waals surface area contributed by atoms with E-state index in [-0.39, 0.29) is 6.04 Å². The van der Waals surface area contributed by atoms with Crippen molar-refractivity contribution in [3.63, 3.8) is 0 Å². The third-order valence-electron chi connectivity index (χ3n) is 3.29. The first kappa shape index (κ1) is 15.1. The molecule has 0 saturated carbocycles. The highest BCUT2D eigenvalue weighted by Gasteiger charge is 2.09. The fourth-order valence-corrected chi connectivity index (χ4v) is 2.58. The fraction of sp³-hybridized carbons (Fsp3) is 0.294. The van der Waals surface area contributed by atoms with Gasteiger partial charge in [-0.25, -0.2) is 0 Å². The minimum atomic E-state index is 0.168. The number of benzene rings is 2. The number of hydrogen-bond donors (Lipinski definition) is 1. The summed E-state index contributed by atoms with van der Waals surface area (Å²) in [4.78, 5) is 0. The standard InChI is InChI=1S/C17H20BrNO/c1-3-14(19)11-13-6-4-5-7-16(13)20-17-9-8-12(2)10-15(17)18/h4-10,14H,3,11,19H2,1-2H3. The lowest BCUT2D eigenvalue weighted by atomic mass is 10.0. The first-order valence-electron chi connectivity index (χ1n) is 6.87. The number of halogens is 1. The maximum Gasteiger partial charge on any atom is 0.141 e. The summed E-state index contributed by atoms with van der Waals surface area (Å²) in [6.07, 6.45) is 1.79. The summed E-state index contributed by atoms with van der Waals surface area (Å²) in [6, 6.07) is 14.3. The van der Waals surface area contributed by atoms with E-state index < -0.39 is 0 Å². The summed E-state index contributed by atoms with van der Waals surface area (Å²) >= 11 is 3.54. The monoisotopic (exact) mass is 333 g/mol. The number of hydrogen-bond acceptors (Lipinski definition) is 2. The van der Waals surface area contributed by atoms with Crippen molar-refractivity contribution in [3.8, 4) is 11.5 Å². The van der Waals surface area contributed by atoms with Crippen LogP contribution in [-0.2, 0) is 6.42 Å². The molecule has 0 radical (unpaired) electrons. The molecule has 0 heterocycles. The molecule has 0 bridgehead atoms. The first-order valence-corrected chi connectivity index (χ1v) is 7.67. The number of ether oxygens (including phenoxy) is 1. The molecule has 0 aliphatic heterocycles. The van der Waals surface area contributed by atoms with Crippen LogP contribution in [0.5, 0.6) is 11.5 Å². The maximum atomic E-state index is 6.05. The molecule has 2 aromatic rings. The van der Waals surface area contributed by atoms with Gasteiger partial charge in [0, 0.05) is 6.04 Å². The molecule has 0 aliphatic rings. The van der Waals surface area contributed by atoms with Crippen LogP contribution in [0.3, 0.4) is 0 Å². The third kappa shape index (κ3) is 3.84. The molecule has 1 unspecified atom stereocenters. The molecule has 2 nitrogen and oxygen atoms in total. The number of aryl methyl sites for hydroxylation is 1. The van der Waals surface area contributed by atoms with Crippen molar-refractivity contribution in [2.45, 2.75) is 32.7 Å². The van der Waals surface area contributed by atoms with E-state index in [9.17, 15) is 0 Å². The van der Waals surface area contributed by atoms with Crippen molar-refractivity contribution < 1.29 is 4.74 Å². The normalized spacial score (nSPS) is 12.2. The largest absolute Gasteiger partial charge is 0.456 e. The summed E-state index contributed by atoms with van der Waals surface area (Å²) < 4.78 is 7.00. The van der Waals surface area contributed by atoms with Gasteiger partial charge in [-0.3, -0.25) is 0 Å². The quantitative estimate of drug-likeness (QED) is 0.850. The molecule has 20 heavy (non-hydrogen) atoms. The lowest BCUT2D eigenvalue weighted by Gasteiger charge is -2.15. The molecule has 0 fully saturated rings. The van der Waals surface area contributed by atoms with Crippen molar-refractivity contribution in [1.29, 1.82) is 0 Å². The molecule has 3 heteroatoms. The number of para-hydroxylation sites is 1. The third-order valence-corrected chi connectivity index (χ3v) is 3.91. The maximum absolute atomic E-state index is 6.05. The molecule has 0 amide bonds. The second kappa shape index (κ2) is 6.91. The molecule has 2 aromatic carbocycles. The Kier molecular flexibility index (Phi) is 5.21. The van der Waals surface area contributed by atoms with Crippen molar-refractivity contribution >= 4 is 15.9 Å². The van der Waals surface area contributed by atoms with E-state index >= 15 is 0 Å². The highest BCUT2D eigenvalue weighted by molar-refractivity contribution is 9.10. The van der Waals surface area contributed by atoms with Gasteiger partial charge in [-0.15, -0.1) is 0 Å². The van der Waals surface area contributed by atoms with E-state index in [4.69, 9.17) is 10.5 Å². The smallest absolute Gasteiger partial charge is 0.141 e. The highest BCUT2D eigenvalue weighted by atomic mass is 79.9. The molecule has 1 atom stereocenters. The van der Waals surface area contributed by atoms with Gasteiger partial charge in [0.25, 0.3) is 0 Å². The van der Waals surface area contributed by atoms with Crippen LogP contribution >= 0.6 is 15.9 Å². The van der Waals surface area contributed by atoms with Gasteiger partial charge in [0.2, 0.25) is 0 Å². The van der Waals surface area contributed by atoms with Gasteiger partial charge in [0.15, 0.2) is 0 Å². The van der Waals surface area contributed by atoms with Crippen molar-refractivity contribution in [2.24, 2.45) is 5.73 Å². The Bertz CT molecular complexity index is 583. The summed E-state index contributed by atoms with van der Waals surface area (Å²) in [6.45, 7) is 4.16. The van der Waals surface area contributed by atoms with Gasteiger partial charge >= 0.3 is 0 Å². The zero-order valence-corrected chi connectivity index (χ0v) is 13.5. The van der Waals surface area contributed by atoms with E-state index in [1.54, 1.807) is 0 Å². The van der Waals surface area contributed by atoms with E-state index in [0.29, 0.717) is 0 Å². The second-order valence-electron chi connectivity index (χ2n) is 5.02. The van der Waals surface area contributed by atoms with Crippen LogP contribution in [0.25, 0.3) is 0 Å². The Morgan fingerprint density at radius 1 is 1.15 bits per heavy atom. The van der Waals surface area contributed by atoms with Crippen LogP contribution in [0, 0.1) is 6.92 Å². The average molecular weight is 334 g/mol. The van der Waals surface area contributed by atoms with E-state index in [1.807, 2.05) is 30.3 Å². The molecule has 0 spiro atoms. The molecule has 2 rings (SSSR count). The molecule has 2 N–H and O–H groups in total. The van der Waals surface area contributed by atoms with Crippen LogP contribution < -0.4 is 10.5 Å². The van der Waals surface area contributed by atoms with Gasteiger partial charge in [-0.1, -0.05) is 31.2 Å². The molecule has 0 aromatic heterocycles. The molecule has 106 valence electrons. The Labute approximate surface area is 129 Å². The lowest BCUT2D eigenvalue weighted by Crippen LogP contribution is -2.21. The lowest BCUT2D eigenvalue weighted by molar-refractivity contribution is 0.469. The fourth-order valence-electron chi connectivity index (χ4n) is 2.01. The van der Waals surface area contributed by atoms with E-state index in [2.05, 4.69) is 41.9 Å². The first-order chi connectivity index (χ1) is 9.60. The Hall–Kier alpha value is -1.32. The second-order valence-corrected chi connectivity index (χ2v) is 5.87. The van der Waals surface area contributed by atoms with Crippen LogP contribution in [0.1, 0.15) is 24.5 Å². The van der Waals surface area contributed by atoms with Crippen LogP contribution in [-0.4, -0.2) is 6.04 Å². The van der Waals surface area contributed by atoms with E-state index in [0.717, 1.165) is 34.4 Å². The van der Waals surface area contributed by atoms with Crippen molar-refractivity contribution in [1.82, 2.24) is 0 Å². The summed E-state index contributed by atoms with van der Waals surface area (Å²) in [5.41, 5.74) is 8.40. The van der Waals surface area contributed by atoms with E-state index in [1.165, 1.54) is 5.56 Å². The van der Waals surface area contributed by atoms with Crippen LogP contribution in [0.4, 0.5) is 0 Å². The number of nitrogens with two attached hydrogens (primary N) is 1. The zero-order chi connectivity index (χ0) is 14.5. The Balaban J connectivity index is 2.24. The molecule has 0 saturated heterocycles. The Morgan fingerprint density at radius 2 is 1.90 bits per heavy atom. The predicted octanol–water partition coefficient (Wildman–Crippen LogP) is 4.83. The Morgan fingerprint density at radius 3 is 2.60 bits per heavy atom. The predicted molar refractivity (Wildman–Crippen MR) is 87.4 cm³/mol. The summed E-state index contributed by atoms with van der Waals surface area (Å²) in [7, 11) is 0. The summed E-state index contributed by atoms with van der Waals surface area (Å²) in [5, 5.41) is 0. The van der Waals surface area contributed by atoms with Gasteiger partial charge in [0.1, 0.15) is 11.5 Å². The molecule has 0 aliphatic carbocycles. The molecular weight excluding hydrogens is 314 g/mol. The van der Waals surface area contributed by atoms with Gasteiger partial charge in [-0.2, -0.15) is 0 Å². The van der Waals surface area contributed by atoms with Crippen LogP contribution in [0.2, 0.25) is 0 Å². The van der Waals surface area contributed by atoms with Crippen molar-refractivity contribution in [3.05, 3.63) is 58.1 Å². The highest BCUT2D eigenvalue weighted by Crippen LogP contribution is 2.32. The van der Waals surface area contributed by atoms with Crippen LogP contribution in [0.15, 0.2) is 46.9 Å². The zero-order valence-electron chi connectivity index (χ0n) is 11.9. The minimum absolute atomic E-state index is 0.168. The number of rotatable bonds is 5. The van der Waals surface area contributed by atoms with Gasteiger partial charge < -0.3 is 10.5 Å². The van der Waals surface area contributed by atoms with Crippen molar-refractivity contribution in [2.75, 3.05) is 0 Å². The minimum Gasteiger partial charge on any atom is -0.456 e. The molecular formula is C17H20BrNO. The SMILES string of the molecule is CCC(N)Cc1ccccc1Oc1ccc(C)cc1Br. The topological polar surface area (TPSA) is 35.2 Å². The average Bonchev–Trinajstić information content (AvgIpc) is 2.43. The van der Waals surface area contributed by atoms with Gasteiger partial charge in [-0.05, 0) is 65.0 Å². The summed E-state index contributed by atoms with van der Waals surface area (Å²) in [5.74, 6) is 1.70.